The number of carboxylic acids is 1. The predicted octanol–water partition coefficient (Wildman–Crippen LogP) is 0.929. The Hall–Kier alpha value is -2.03. The molecule has 1 heterocycles. The molecule has 1 fully saturated rings. The Morgan fingerprint density at radius 3 is 2.50 bits per heavy atom. The molecule has 0 radical (unpaired) electrons. The van der Waals surface area contributed by atoms with E-state index < -0.39 is 46.1 Å². The monoisotopic (exact) mass is 305 g/mol. The van der Waals surface area contributed by atoms with Crippen LogP contribution in [-0.4, -0.2) is 37.2 Å². The van der Waals surface area contributed by atoms with Gasteiger partial charge in [-0.2, -0.15) is 8.42 Å². The van der Waals surface area contributed by atoms with E-state index in [-0.39, 0.29) is 11.3 Å². The molecule has 6 nitrogen and oxygen atoms in total. The van der Waals surface area contributed by atoms with Gasteiger partial charge in [0, 0.05) is 13.0 Å². The molecule has 1 saturated heterocycles. The number of carbonyl (C=O) groups is 2. The number of halogens is 2. The lowest BCUT2D eigenvalue weighted by Crippen LogP contribution is -2.27. The zero-order valence-corrected chi connectivity index (χ0v) is 10.7. The van der Waals surface area contributed by atoms with E-state index in [0.717, 1.165) is 17.0 Å². The van der Waals surface area contributed by atoms with Crippen LogP contribution in [0.2, 0.25) is 0 Å². The Bertz CT molecular complexity index is 688. The van der Waals surface area contributed by atoms with Crippen molar-refractivity contribution in [3.8, 4) is 0 Å². The minimum absolute atomic E-state index is 0.272. The fraction of sp³-hybridized carbons (Fsp3) is 0.273. The summed E-state index contributed by atoms with van der Waals surface area (Å²) in [4.78, 5) is 23.1. The summed E-state index contributed by atoms with van der Waals surface area (Å²) in [5.74, 6) is -3.07. The lowest BCUT2D eigenvalue weighted by atomic mass is 10.2. The van der Waals surface area contributed by atoms with Gasteiger partial charge in [-0.05, 0) is 18.2 Å². The SMILES string of the molecule is O=C(O)c1ccc(N2CC(S(=O)(=O)F)CC2=O)c(F)c1. The Balaban J connectivity index is 2.33. The molecule has 0 aliphatic carbocycles. The maximum atomic E-state index is 13.8. The fourth-order valence-corrected chi connectivity index (χ4v) is 2.62. The number of anilines is 1. The molecular weight excluding hydrogens is 296 g/mol. The van der Waals surface area contributed by atoms with Crippen LogP contribution in [-0.2, 0) is 15.0 Å². The second-order valence-corrected chi connectivity index (χ2v) is 5.90. The number of amides is 1. The van der Waals surface area contributed by atoms with E-state index in [9.17, 15) is 26.3 Å². The Morgan fingerprint density at radius 1 is 1.40 bits per heavy atom. The van der Waals surface area contributed by atoms with Gasteiger partial charge in [-0.25, -0.2) is 9.18 Å². The van der Waals surface area contributed by atoms with Crippen molar-refractivity contribution < 1.29 is 31.4 Å². The van der Waals surface area contributed by atoms with Gasteiger partial charge < -0.3 is 10.0 Å². The summed E-state index contributed by atoms with van der Waals surface area (Å²) in [7, 11) is -4.89. The van der Waals surface area contributed by atoms with Crippen LogP contribution >= 0.6 is 0 Å². The maximum absolute atomic E-state index is 13.8. The van der Waals surface area contributed by atoms with Crippen LogP contribution in [0.15, 0.2) is 18.2 Å². The second-order valence-electron chi connectivity index (χ2n) is 4.28. The van der Waals surface area contributed by atoms with Gasteiger partial charge >= 0.3 is 16.2 Å². The van der Waals surface area contributed by atoms with Gasteiger partial charge in [-0.1, -0.05) is 0 Å². The van der Waals surface area contributed by atoms with Crippen molar-refractivity contribution in [2.45, 2.75) is 11.7 Å². The zero-order chi connectivity index (χ0) is 15.1. The maximum Gasteiger partial charge on any atom is 0.335 e. The van der Waals surface area contributed by atoms with Crippen molar-refractivity contribution in [1.82, 2.24) is 0 Å². The number of carboxylic acid groups (broad SMARTS) is 1. The molecule has 2 rings (SSSR count). The van der Waals surface area contributed by atoms with Gasteiger partial charge in [-0.15, -0.1) is 3.89 Å². The van der Waals surface area contributed by atoms with Gasteiger partial charge in [0.25, 0.3) is 0 Å². The molecule has 1 aromatic carbocycles. The molecule has 1 unspecified atom stereocenters. The number of carbonyl (C=O) groups excluding carboxylic acids is 1. The van der Waals surface area contributed by atoms with Crippen LogP contribution in [0, 0.1) is 5.82 Å². The molecule has 9 heteroatoms. The van der Waals surface area contributed by atoms with Crippen LogP contribution < -0.4 is 4.90 Å². The molecule has 1 aliphatic heterocycles. The number of rotatable bonds is 3. The molecule has 0 saturated carbocycles. The molecule has 1 atom stereocenters. The minimum atomic E-state index is -4.89. The number of aromatic carboxylic acids is 1. The van der Waals surface area contributed by atoms with E-state index in [1.54, 1.807) is 0 Å². The van der Waals surface area contributed by atoms with Gasteiger partial charge in [0.1, 0.15) is 11.1 Å². The summed E-state index contributed by atoms with van der Waals surface area (Å²) >= 11 is 0. The van der Waals surface area contributed by atoms with E-state index in [1.807, 2.05) is 0 Å². The standard InChI is InChI=1S/C11H9F2NO5S/c12-8-3-6(11(16)17)1-2-9(8)14-5-7(4-10(14)15)20(13,18)19/h1-3,7H,4-5H2,(H,16,17). The summed E-state index contributed by atoms with van der Waals surface area (Å²) in [6.07, 6.45) is -0.570. The van der Waals surface area contributed by atoms with Gasteiger partial charge in [-0.3, -0.25) is 4.79 Å². The first-order valence-corrected chi connectivity index (χ1v) is 6.91. The van der Waals surface area contributed by atoms with Crippen LogP contribution in [0.1, 0.15) is 16.8 Å². The summed E-state index contributed by atoms with van der Waals surface area (Å²) in [6, 6.07) is 2.83. The Morgan fingerprint density at radius 2 is 2.05 bits per heavy atom. The van der Waals surface area contributed by atoms with Gasteiger partial charge in [0.2, 0.25) is 5.91 Å². The first kappa shape index (κ1) is 14.4. The van der Waals surface area contributed by atoms with Crippen molar-refractivity contribution in [1.29, 1.82) is 0 Å². The smallest absolute Gasteiger partial charge is 0.335 e. The summed E-state index contributed by atoms with van der Waals surface area (Å²) in [6.45, 7) is -0.499. The van der Waals surface area contributed by atoms with E-state index in [0.29, 0.717) is 6.07 Å². The van der Waals surface area contributed by atoms with E-state index >= 15 is 0 Å². The third-order valence-electron chi connectivity index (χ3n) is 2.97. The van der Waals surface area contributed by atoms with Crippen molar-refractivity contribution >= 4 is 27.8 Å². The molecule has 0 aromatic heterocycles. The fourth-order valence-electron chi connectivity index (χ4n) is 1.96. The molecule has 0 bridgehead atoms. The highest BCUT2D eigenvalue weighted by atomic mass is 32.3. The predicted molar refractivity (Wildman–Crippen MR) is 64.1 cm³/mol. The topological polar surface area (TPSA) is 91.8 Å². The van der Waals surface area contributed by atoms with Gasteiger partial charge in [0.05, 0.1) is 11.3 Å². The molecular formula is C11H9F2NO5S. The third kappa shape index (κ3) is 2.62. The van der Waals surface area contributed by atoms with Gasteiger partial charge in [0.15, 0.2) is 0 Å². The molecule has 1 amide bonds. The second kappa shape index (κ2) is 4.82. The summed E-state index contributed by atoms with van der Waals surface area (Å²) in [5.41, 5.74) is -0.585. The molecule has 0 spiro atoms. The molecule has 1 aliphatic rings. The van der Waals surface area contributed by atoms with E-state index in [2.05, 4.69) is 0 Å². The highest BCUT2D eigenvalue weighted by Crippen LogP contribution is 2.28. The average molecular weight is 305 g/mol. The van der Waals surface area contributed by atoms with Crippen LogP contribution in [0.25, 0.3) is 0 Å². The normalized spacial score (nSPS) is 19.4. The Labute approximate surface area is 112 Å². The highest BCUT2D eigenvalue weighted by Gasteiger charge is 2.39. The number of benzene rings is 1. The molecule has 1 aromatic rings. The van der Waals surface area contributed by atoms with E-state index in [1.165, 1.54) is 0 Å². The molecule has 20 heavy (non-hydrogen) atoms. The first-order chi connectivity index (χ1) is 9.20. The molecule has 108 valence electrons. The van der Waals surface area contributed by atoms with Crippen LogP contribution in [0.5, 0.6) is 0 Å². The largest absolute Gasteiger partial charge is 0.478 e. The molecule has 1 N–H and O–H groups in total. The van der Waals surface area contributed by atoms with E-state index in [4.69, 9.17) is 5.11 Å². The minimum Gasteiger partial charge on any atom is -0.478 e. The van der Waals surface area contributed by atoms with Crippen molar-refractivity contribution in [3.63, 3.8) is 0 Å². The van der Waals surface area contributed by atoms with Crippen molar-refractivity contribution in [2.24, 2.45) is 0 Å². The van der Waals surface area contributed by atoms with Crippen LogP contribution in [0.4, 0.5) is 14.0 Å². The number of nitrogens with zero attached hydrogens (tertiary/aromatic N) is 1. The number of hydrogen-bond acceptors (Lipinski definition) is 4. The van der Waals surface area contributed by atoms with Crippen molar-refractivity contribution in [2.75, 3.05) is 11.4 Å². The lowest BCUT2D eigenvalue weighted by Gasteiger charge is -2.17. The van der Waals surface area contributed by atoms with Crippen molar-refractivity contribution in [3.05, 3.63) is 29.6 Å². The van der Waals surface area contributed by atoms with Crippen LogP contribution in [0.3, 0.4) is 0 Å². The summed E-state index contributed by atoms with van der Waals surface area (Å²) < 4.78 is 48.1. The highest BCUT2D eigenvalue weighted by molar-refractivity contribution is 7.87. The first-order valence-electron chi connectivity index (χ1n) is 5.47. The Kier molecular flexibility index (Phi) is 3.46. The average Bonchev–Trinajstić information content (AvgIpc) is 2.71. The zero-order valence-electron chi connectivity index (χ0n) is 9.92. The third-order valence-corrected chi connectivity index (χ3v) is 4.09. The lowest BCUT2D eigenvalue weighted by molar-refractivity contribution is -0.117. The quantitative estimate of drug-likeness (QED) is 0.839. The summed E-state index contributed by atoms with van der Waals surface area (Å²) in [5, 5.41) is 7.16. The number of hydrogen-bond donors (Lipinski definition) is 1.